The number of carbonyl (C=O) groups is 1. The molecule has 0 unspecified atom stereocenters. The molecule has 0 aliphatic carbocycles. The first-order valence-electron chi connectivity index (χ1n) is 5.48. The highest BCUT2D eigenvalue weighted by molar-refractivity contribution is 5.76. The van der Waals surface area contributed by atoms with Crippen LogP contribution < -0.4 is 4.90 Å². The van der Waals surface area contributed by atoms with Crippen molar-refractivity contribution >= 4 is 17.4 Å². The number of hydrogen-bond acceptors (Lipinski definition) is 5. The van der Waals surface area contributed by atoms with Crippen LogP contribution in [0.15, 0.2) is 12.4 Å². The first-order valence-corrected chi connectivity index (χ1v) is 5.48. The second kappa shape index (κ2) is 4.94. The Bertz CT molecular complexity index is 639. The van der Waals surface area contributed by atoms with Crippen LogP contribution in [0.3, 0.4) is 0 Å². The first-order chi connectivity index (χ1) is 9.28. The zero-order chi connectivity index (χ0) is 14.9. The van der Waals surface area contributed by atoms with Crippen molar-refractivity contribution in [3.05, 3.63) is 18.2 Å². The Labute approximate surface area is 110 Å². The Kier molecular flexibility index (Phi) is 3.47. The van der Waals surface area contributed by atoms with Gasteiger partial charge in [0.1, 0.15) is 18.9 Å². The molecular weight excluding hydrogens is 279 g/mol. The Morgan fingerprint density at radius 3 is 2.75 bits per heavy atom. The molecule has 2 aromatic rings. The summed E-state index contributed by atoms with van der Waals surface area (Å²) in [6.07, 6.45) is -1.80. The number of rotatable bonds is 4. The van der Waals surface area contributed by atoms with Crippen molar-refractivity contribution in [2.24, 2.45) is 0 Å². The van der Waals surface area contributed by atoms with E-state index in [9.17, 15) is 18.0 Å². The molecule has 0 fully saturated rings. The number of aliphatic carboxylic acids is 1. The van der Waals surface area contributed by atoms with Crippen molar-refractivity contribution in [1.82, 2.24) is 19.6 Å². The lowest BCUT2D eigenvalue weighted by Gasteiger charge is -2.22. The Balaban J connectivity index is 2.47. The number of anilines is 1. The lowest BCUT2D eigenvalue weighted by Crippen LogP contribution is -2.38. The van der Waals surface area contributed by atoms with Crippen LogP contribution >= 0.6 is 0 Å². The van der Waals surface area contributed by atoms with Crippen molar-refractivity contribution in [3.8, 4) is 0 Å². The largest absolute Gasteiger partial charge is 0.480 e. The lowest BCUT2D eigenvalue weighted by molar-refractivity contribution is -0.136. The van der Waals surface area contributed by atoms with Gasteiger partial charge in [0.15, 0.2) is 5.82 Å². The molecule has 108 valence electrons. The van der Waals surface area contributed by atoms with Gasteiger partial charge in [0.25, 0.3) is 0 Å². The maximum absolute atomic E-state index is 12.5. The molecule has 7 nitrogen and oxygen atoms in total. The molecule has 1 N–H and O–H groups in total. The number of hydrogen-bond donors (Lipinski definition) is 1. The quantitative estimate of drug-likeness (QED) is 0.899. The predicted octanol–water partition coefficient (Wildman–Crippen LogP) is 0.886. The van der Waals surface area contributed by atoms with Crippen LogP contribution in [0.2, 0.25) is 0 Å². The average Bonchev–Trinajstić information content (AvgIpc) is 2.68. The molecule has 0 radical (unpaired) electrons. The summed E-state index contributed by atoms with van der Waals surface area (Å²) in [6, 6.07) is 0. The van der Waals surface area contributed by atoms with Crippen LogP contribution in [0.25, 0.3) is 5.65 Å². The van der Waals surface area contributed by atoms with Gasteiger partial charge in [-0.25, -0.2) is 4.98 Å². The van der Waals surface area contributed by atoms with E-state index >= 15 is 0 Å². The Morgan fingerprint density at radius 1 is 1.45 bits per heavy atom. The molecule has 0 aliphatic rings. The minimum absolute atomic E-state index is 0.0792. The maximum Gasteiger partial charge on any atom is 0.405 e. The van der Waals surface area contributed by atoms with E-state index in [1.807, 2.05) is 0 Å². The SMILES string of the molecule is Cc1nnc2c(N(CC(=O)O)CC(F)(F)F)nccn12. The molecule has 0 atom stereocenters. The van der Waals surface area contributed by atoms with Gasteiger partial charge in [0.2, 0.25) is 5.65 Å². The monoisotopic (exact) mass is 289 g/mol. The van der Waals surface area contributed by atoms with E-state index in [1.54, 1.807) is 6.92 Å². The maximum atomic E-state index is 12.5. The molecule has 10 heteroatoms. The highest BCUT2D eigenvalue weighted by atomic mass is 19.4. The molecule has 2 aromatic heterocycles. The summed E-state index contributed by atoms with van der Waals surface area (Å²) in [5.41, 5.74) is 0.0792. The molecule has 0 bridgehead atoms. The zero-order valence-electron chi connectivity index (χ0n) is 10.3. The van der Waals surface area contributed by atoms with Gasteiger partial charge >= 0.3 is 12.1 Å². The topological polar surface area (TPSA) is 83.6 Å². The number of alkyl halides is 3. The third kappa shape index (κ3) is 2.95. The molecule has 0 saturated carbocycles. The van der Waals surface area contributed by atoms with Gasteiger partial charge in [-0.3, -0.25) is 9.20 Å². The van der Waals surface area contributed by atoms with E-state index in [-0.39, 0.29) is 11.5 Å². The molecule has 0 aliphatic heterocycles. The van der Waals surface area contributed by atoms with Crippen LogP contribution in [0.5, 0.6) is 0 Å². The molecule has 2 heterocycles. The third-order valence-electron chi connectivity index (χ3n) is 2.47. The van der Waals surface area contributed by atoms with E-state index in [2.05, 4.69) is 15.2 Å². The number of fused-ring (bicyclic) bond motifs is 1. The summed E-state index contributed by atoms with van der Waals surface area (Å²) in [4.78, 5) is 15.1. The second-order valence-corrected chi connectivity index (χ2v) is 4.06. The fourth-order valence-electron chi connectivity index (χ4n) is 1.74. The van der Waals surface area contributed by atoms with Crippen molar-refractivity contribution in [1.29, 1.82) is 0 Å². The summed E-state index contributed by atoms with van der Waals surface area (Å²) in [7, 11) is 0. The number of nitrogens with zero attached hydrogens (tertiary/aromatic N) is 5. The van der Waals surface area contributed by atoms with Crippen molar-refractivity contribution in [2.75, 3.05) is 18.0 Å². The average molecular weight is 289 g/mol. The predicted molar refractivity (Wildman–Crippen MR) is 61.4 cm³/mol. The Hall–Kier alpha value is -2.39. The molecule has 20 heavy (non-hydrogen) atoms. The summed E-state index contributed by atoms with van der Waals surface area (Å²) in [6.45, 7) is -0.648. The minimum atomic E-state index is -4.56. The summed E-state index contributed by atoms with van der Waals surface area (Å²) >= 11 is 0. The van der Waals surface area contributed by atoms with E-state index in [0.29, 0.717) is 10.7 Å². The molecular formula is C10H10F3N5O2. The van der Waals surface area contributed by atoms with Crippen LogP contribution in [0.1, 0.15) is 5.82 Å². The van der Waals surface area contributed by atoms with E-state index in [4.69, 9.17) is 5.11 Å². The van der Waals surface area contributed by atoms with Gasteiger partial charge in [0, 0.05) is 12.4 Å². The van der Waals surface area contributed by atoms with Crippen LogP contribution in [-0.2, 0) is 4.79 Å². The number of halogens is 3. The van der Waals surface area contributed by atoms with Crippen LogP contribution in [0, 0.1) is 6.92 Å². The number of carboxylic acids is 1. The zero-order valence-corrected chi connectivity index (χ0v) is 10.3. The second-order valence-electron chi connectivity index (χ2n) is 4.06. The number of carboxylic acid groups (broad SMARTS) is 1. The fourth-order valence-corrected chi connectivity index (χ4v) is 1.74. The number of aromatic nitrogens is 4. The van der Waals surface area contributed by atoms with Crippen molar-refractivity contribution in [3.63, 3.8) is 0 Å². The van der Waals surface area contributed by atoms with Gasteiger partial charge in [-0.1, -0.05) is 0 Å². The van der Waals surface area contributed by atoms with Crippen LogP contribution in [-0.4, -0.2) is 49.9 Å². The highest BCUT2D eigenvalue weighted by Gasteiger charge is 2.33. The number of aryl methyl sites for hydroxylation is 1. The highest BCUT2D eigenvalue weighted by Crippen LogP contribution is 2.23. The van der Waals surface area contributed by atoms with E-state index < -0.39 is 25.2 Å². The molecule has 2 rings (SSSR count). The van der Waals surface area contributed by atoms with Crippen molar-refractivity contribution in [2.45, 2.75) is 13.1 Å². The van der Waals surface area contributed by atoms with Gasteiger partial charge in [0.05, 0.1) is 0 Å². The minimum Gasteiger partial charge on any atom is -0.480 e. The smallest absolute Gasteiger partial charge is 0.405 e. The summed E-state index contributed by atoms with van der Waals surface area (Å²) < 4.78 is 39.1. The Morgan fingerprint density at radius 2 is 2.15 bits per heavy atom. The van der Waals surface area contributed by atoms with Gasteiger partial charge < -0.3 is 10.0 Å². The summed E-state index contributed by atoms with van der Waals surface area (Å²) in [5, 5.41) is 16.2. The van der Waals surface area contributed by atoms with Gasteiger partial charge in [-0.05, 0) is 6.92 Å². The van der Waals surface area contributed by atoms with Crippen molar-refractivity contribution < 1.29 is 23.1 Å². The standard InChI is InChI=1S/C10H10F3N5O2/c1-6-15-16-9-8(14-2-3-18(6)9)17(4-7(19)20)5-10(11,12)13/h2-3H,4-5H2,1H3,(H,19,20). The normalized spacial score (nSPS) is 11.8. The van der Waals surface area contributed by atoms with Crippen LogP contribution in [0.4, 0.5) is 19.0 Å². The first kappa shape index (κ1) is 14.0. The molecule has 0 amide bonds. The van der Waals surface area contributed by atoms with E-state index in [1.165, 1.54) is 16.8 Å². The lowest BCUT2D eigenvalue weighted by atomic mass is 10.4. The summed E-state index contributed by atoms with van der Waals surface area (Å²) in [5.74, 6) is -1.10. The fraction of sp³-hybridized carbons (Fsp3) is 0.400. The third-order valence-corrected chi connectivity index (χ3v) is 2.47. The van der Waals surface area contributed by atoms with Gasteiger partial charge in [-0.2, -0.15) is 13.2 Å². The molecule has 0 saturated heterocycles. The molecule has 0 spiro atoms. The van der Waals surface area contributed by atoms with E-state index in [0.717, 1.165) is 0 Å². The molecule has 0 aromatic carbocycles. The van der Waals surface area contributed by atoms with Gasteiger partial charge in [-0.15, -0.1) is 10.2 Å².